The molecule has 156 valence electrons. The van der Waals surface area contributed by atoms with E-state index >= 15 is 0 Å². The maximum Gasteiger partial charge on any atom is 0.243 e. The number of aryl methyl sites for hydroxylation is 2. The summed E-state index contributed by atoms with van der Waals surface area (Å²) in [5, 5.41) is 0. The van der Waals surface area contributed by atoms with Gasteiger partial charge in [0.15, 0.2) is 0 Å². The second kappa shape index (κ2) is 9.55. The summed E-state index contributed by atoms with van der Waals surface area (Å²) in [5.41, 5.74) is 3.30. The molecule has 29 heavy (non-hydrogen) atoms. The summed E-state index contributed by atoms with van der Waals surface area (Å²) >= 11 is 0. The number of sulfonamides is 1. The Hall–Kier alpha value is -2.18. The molecule has 0 aromatic heterocycles. The molecule has 1 aliphatic heterocycles. The van der Waals surface area contributed by atoms with E-state index in [1.807, 2.05) is 50.4 Å². The van der Waals surface area contributed by atoms with Crippen LogP contribution >= 0.6 is 0 Å². The molecule has 0 bridgehead atoms. The first-order valence-electron chi connectivity index (χ1n) is 10.3. The number of carbonyl (C=O) groups excluding carboxylic acids is 1. The molecule has 0 saturated carbocycles. The van der Waals surface area contributed by atoms with E-state index in [9.17, 15) is 13.2 Å². The van der Waals surface area contributed by atoms with Gasteiger partial charge >= 0.3 is 0 Å². The van der Waals surface area contributed by atoms with Crippen LogP contribution in [-0.4, -0.2) is 43.7 Å². The third-order valence-electron chi connectivity index (χ3n) is 5.60. The maximum absolute atomic E-state index is 12.7. The molecule has 6 heteroatoms. The molecule has 0 unspecified atom stereocenters. The minimum absolute atomic E-state index is 0.0817. The number of carbonyl (C=O) groups is 1. The zero-order chi connectivity index (χ0) is 20.9. The molecule has 1 amide bonds. The van der Waals surface area contributed by atoms with Crippen LogP contribution in [0, 0.1) is 6.92 Å². The van der Waals surface area contributed by atoms with Crippen LogP contribution in [0.5, 0.6) is 0 Å². The maximum atomic E-state index is 12.7. The van der Waals surface area contributed by atoms with Gasteiger partial charge in [0.1, 0.15) is 0 Å². The first kappa shape index (κ1) is 21.5. The molecule has 0 N–H and O–H groups in total. The van der Waals surface area contributed by atoms with E-state index in [2.05, 4.69) is 0 Å². The topological polar surface area (TPSA) is 57.7 Å². The number of amides is 1. The highest BCUT2D eigenvalue weighted by Gasteiger charge is 2.25. The van der Waals surface area contributed by atoms with Crippen molar-refractivity contribution < 1.29 is 13.2 Å². The van der Waals surface area contributed by atoms with Gasteiger partial charge in [0.2, 0.25) is 15.9 Å². The predicted octanol–water partition coefficient (Wildman–Crippen LogP) is 3.76. The van der Waals surface area contributed by atoms with Crippen molar-refractivity contribution in [3.8, 4) is 0 Å². The van der Waals surface area contributed by atoms with Crippen LogP contribution < -0.4 is 0 Å². The molecule has 2 aromatic rings. The zero-order valence-electron chi connectivity index (χ0n) is 17.3. The summed E-state index contributed by atoms with van der Waals surface area (Å²) < 4.78 is 27.0. The summed E-state index contributed by atoms with van der Waals surface area (Å²) in [7, 11) is -1.58. The Bertz CT molecular complexity index is 933. The quantitative estimate of drug-likeness (QED) is 0.693. The van der Waals surface area contributed by atoms with Crippen LogP contribution in [-0.2, 0) is 27.8 Å². The van der Waals surface area contributed by atoms with Crippen molar-refractivity contribution >= 4 is 15.9 Å². The Kier molecular flexibility index (Phi) is 7.09. The van der Waals surface area contributed by atoms with Gasteiger partial charge < -0.3 is 4.90 Å². The normalized spacial score (nSPS) is 15.2. The van der Waals surface area contributed by atoms with E-state index in [0.717, 1.165) is 30.4 Å². The minimum Gasteiger partial charge on any atom is -0.341 e. The lowest BCUT2D eigenvalue weighted by atomic mass is 10.1. The van der Waals surface area contributed by atoms with Gasteiger partial charge in [0, 0.05) is 33.1 Å². The number of hydrogen-bond donors (Lipinski definition) is 0. The van der Waals surface area contributed by atoms with Crippen molar-refractivity contribution in [3.05, 3.63) is 65.2 Å². The number of rotatable bonds is 7. The SMILES string of the molecule is Cc1ccccc1CN(C)C(=O)CCc1ccc(S(=O)(=O)N2CCCCC2)cc1. The van der Waals surface area contributed by atoms with Gasteiger partial charge in [-0.05, 0) is 55.0 Å². The lowest BCUT2D eigenvalue weighted by Crippen LogP contribution is -2.35. The van der Waals surface area contributed by atoms with E-state index in [4.69, 9.17) is 0 Å². The summed E-state index contributed by atoms with van der Waals surface area (Å²) in [6, 6.07) is 15.1. The molecule has 3 rings (SSSR count). The van der Waals surface area contributed by atoms with E-state index in [1.54, 1.807) is 21.3 Å². The fourth-order valence-corrected chi connectivity index (χ4v) is 5.17. The Balaban J connectivity index is 1.55. The van der Waals surface area contributed by atoms with Gasteiger partial charge in [0.05, 0.1) is 4.90 Å². The summed E-state index contributed by atoms with van der Waals surface area (Å²) in [5.74, 6) is 0.0817. The summed E-state index contributed by atoms with van der Waals surface area (Å²) in [4.78, 5) is 14.6. The largest absolute Gasteiger partial charge is 0.341 e. The molecular formula is C23H30N2O3S. The third-order valence-corrected chi connectivity index (χ3v) is 7.51. The first-order chi connectivity index (χ1) is 13.9. The average molecular weight is 415 g/mol. The molecule has 1 saturated heterocycles. The van der Waals surface area contributed by atoms with E-state index in [0.29, 0.717) is 37.4 Å². The molecule has 0 radical (unpaired) electrons. The monoisotopic (exact) mass is 414 g/mol. The molecule has 2 aromatic carbocycles. The Morgan fingerprint density at radius 2 is 1.66 bits per heavy atom. The Morgan fingerprint density at radius 3 is 2.31 bits per heavy atom. The van der Waals surface area contributed by atoms with Crippen LogP contribution in [0.25, 0.3) is 0 Å². The lowest BCUT2D eigenvalue weighted by Gasteiger charge is -2.25. The molecule has 0 spiro atoms. The Morgan fingerprint density at radius 1 is 1.00 bits per heavy atom. The molecule has 1 heterocycles. The second-order valence-electron chi connectivity index (χ2n) is 7.78. The number of benzene rings is 2. The van der Waals surface area contributed by atoms with E-state index < -0.39 is 10.0 Å². The fraction of sp³-hybridized carbons (Fsp3) is 0.435. The van der Waals surface area contributed by atoms with Crippen molar-refractivity contribution in [3.63, 3.8) is 0 Å². The van der Waals surface area contributed by atoms with Gasteiger partial charge in [0.25, 0.3) is 0 Å². The van der Waals surface area contributed by atoms with Crippen molar-refractivity contribution in [1.82, 2.24) is 9.21 Å². The van der Waals surface area contributed by atoms with Gasteiger partial charge in [-0.25, -0.2) is 8.42 Å². The Labute approximate surface area is 174 Å². The predicted molar refractivity (Wildman–Crippen MR) is 115 cm³/mol. The fourth-order valence-electron chi connectivity index (χ4n) is 3.66. The first-order valence-corrected chi connectivity index (χ1v) is 11.7. The second-order valence-corrected chi connectivity index (χ2v) is 9.72. The standard InChI is InChI=1S/C23H30N2O3S/c1-19-8-4-5-9-21(19)18-24(2)23(26)15-12-20-10-13-22(14-11-20)29(27,28)25-16-6-3-7-17-25/h4-5,8-11,13-14H,3,6-7,12,15-18H2,1-2H3. The van der Waals surface area contributed by atoms with Crippen molar-refractivity contribution in [2.45, 2.75) is 50.5 Å². The molecule has 0 atom stereocenters. The lowest BCUT2D eigenvalue weighted by molar-refractivity contribution is -0.130. The van der Waals surface area contributed by atoms with Crippen LogP contribution in [0.3, 0.4) is 0 Å². The van der Waals surface area contributed by atoms with Gasteiger partial charge in [-0.15, -0.1) is 0 Å². The third kappa shape index (κ3) is 5.46. The van der Waals surface area contributed by atoms with Crippen LogP contribution in [0.2, 0.25) is 0 Å². The van der Waals surface area contributed by atoms with Crippen molar-refractivity contribution in [2.24, 2.45) is 0 Å². The zero-order valence-corrected chi connectivity index (χ0v) is 18.1. The smallest absolute Gasteiger partial charge is 0.243 e. The summed E-state index contributed by atoms with van der Waals surface area (Å²) in [6.07, 6.45) is 3.95. The van der Waals surface area contributed by atoms with Gasteiger partial charge in [-0.1, -0.05) is 42.8 Å². The molecule has 1 fully saturated rings. The highest BCUT2D eigenvalue weighted by atomic mass is 32.2. The highest BCUT2D eigenvalue weighted by Crippen LogP contribution is 2.21. The number of nitrogens with zero attached hydrogens (tertiary/aromatic N) is 2. The molecular weight excluding hydrogens is 384 g/mol. The van der Waals surface area contributed by atoms with E-state index in [1.165, 1.54) is 5.56 Å². The minimum atomic E-state index is -3.40. The van der Waals surface area contributed by atoms with Gasteiger partial charge in [-0.3, -0.25) is 4.79 Å². The van der Waals surface area contributed by atoms with Crippen LogP contribution in [0.1, 0.15) is 42.4 Å². The highest BCUT2D eigenvalue weighted by molar-refractivity contribution is 7.89. The van der Waals surface area contributed by atoms with Crippen molar-refractivity contribution in [2.75, 3.05) is 20.1 Å². The molecule has 0 aliphatic carbocycles. The average Bonchev–Trinajstić information content (AvgIpc) is 2.74. The number of hydrogen-bond acceptors (Lipinski definition) is 3. The molecule has 1 aliphatic rings. The number of piperidine rings is 1. The van der Waals surface area contributed by atoms with Gasteiger partial charge in [-0.2, -0.15) is 4.31 Å². The summed E-state index contributed by atoms with van der Waals surface area (Å²) in [6.45, 7) is 3.85. The van der Waals surface area contributed by atoms with Crippen LogP contribution in [0.4, 0.5) is 0 Å². The van der Waals surface area contributed by atoms with Crippen molar-refractivity contribution in [1.29, 1.82) is 0 Å². The molecule has 5 nitrogen and oxygen atoms in total. The van der Waals surface area contributed by atoms with E-state index in [-0.39, 0.29) is 5.91 Å². The van der Waals surface area contributed by atoms with Crippen LogP contribution in [0.15, 0.2) is 53.4 Å².